The lowest BCUT2D eigenvalue weighted by Crippen LogP contribution is -2.32. The van der Waals surface area contributed by atoms with Crippen LogP contribution >= 0.6 is 27.5 Å². The van der Waals surface area contributed by atoms with Gasteiger partial charge in [0.1, 0.15) is 4.90 Å². The molecule has 1 aromatic rings. The third-order valence-electron chi connectivity index (χ3n) is 2.70. The van der Waals surface area contributed by atoms with Gasteiger partial charge in [-0.05, 0) is 24.6 Å². The summed E-state index contributed by atoms with van der Waals surface area (Å²) in [6, 6.07) is 4.66. The first kappa shape index (κ1) is 13.3. The van der Waals surface area contributed by atoms with Crippen molar-refractivity contribution in [2.45, 2.75) is 17.4 Å². The van der Waals surface area contributed by atoms with Crippen molar-refractivity contribution in [3.63, 3.8) is 0 Å². The Bertz CT molecular complexity index is 535. The van der Waals surface area contributed by atoms with Crippen LogP contribution in [0.25, 0.3) is 0 Å². The van der Waals surface area contributed by atoms with Crippen LogP contribution in [0, 0.1) is 0 Å². The van der Waals surface area contributed by atoms with E-state index in [0.717, 1.165) is 4.47 Å². The molecule has 0 amide bonds. The second-order valence-electron chi connectivity index (χ2n) is 3.99. The van der Waals surface area contributed by atoms with Crippen LogP contribution in [0.1, 0.15) is 6.42 Å². The molecule has 1 fully saturated rings. The highest BCUT2D eigenvalue weighted by molar-refractivity contribution is 9.10. The van der Waals surface area contributed by atoms with E-state index in [0.29, 0.717) is 19.5 Å². The summed E-state index contributed by atoms with van der Waals surface area (Å²) in [4.78, 5) is 0.136. The van der Waals surface area contributed by atoms with Crippen LogP contribution in [0.5, 0.6) is 0 Å². The Labute approximate surface area is 114 Å². The predicted molar refractivity (Wildman–Crippen MR) is 70.5 cm³/mol. The summed E-state index contributed by atoms with van der Waals surface area (Å²) < 4.78 is 26.7. The molecule has 4 nitrogen and oxygen atoms in total. The normalized spacial score (nSPS) is 21.9. The van der Waals surface area contributed by atoms with Gasteiger partial charge in [-0.3, -0.25) is 0 Å². The highest BCUT2D eigenvalue weighted by atomic mass is 79.9. The second kappa shape index (κ2) is 4.85. The largest absolute Gasteiger partial charge is 0.326 e. The van der Waals surface area contributed by atoms with Crippen molar-refractivity contribution in [3.05, 3.63) is 27.7 Å². The third kappa shape index (κ3) is 2.66. The highest BCUT2D eigenvalue weighted by Crippen LogP contribution is 2.29. The van der Waals surface area contributed by atoms with E-state index < -0.39 is 10.0 Å². The number of halogens is 2. The summed E-state index contributed by atoms with van der Waals surface area (Å²) in [5, 5.41) is 0.222. The summed E-state index contributed by atoms with van der Waals surface area (Å²) >= 11 is 9.20. The van der Waals surface area contributed by atoms with Crippen molar-refractivity contribution < 1.29 is 8.42 Å². The molecule has 1 heterocycles. The fourth-order valence-electron chi connectivity index (χ4n) is 1.80. The first-order chi connectivity index (χ1) is 7.91. The van der Waals surface area contributed by atoms with Crippen LogP contribution in [0.4, 0.5) is 0 Å². The fraction of sp³-hybridized carbons (Fsp3) is 0.400. The van der Waals surface area contributed by atoms with Gasteiger partial charge in [0.15, 0.2) is 0 Å². The van der Waals surface area contributed by atoms with Crippen LogP contribution in [0.3, 0.4) is 0 Å². The highest BCUT2D eigenvalue weighted by Gasteiger charge is 2.32. The van der Waals surface area contributed by atoms with Gasteiger partial charge in [-0.1, -0.05) is 27.5 Å². The molecule has 7 heteroatoms. The zero-order chi connectivity index (χ0) is 12.6. The van der Waals surface area contributed by atoms with Gasteiger partial charge in [0.05, 0.1) is 5.02 Å². The first-order valence-electron chi connectivity index (χ1n) is 5.12. The van der Waals surface area contributed by atoms with E-state index in [4.69, 9.17) is 17.3 Å². The molecule has 1 atom stereocenters. The van der Waals surface area contributed by atoms with E-state index in [1.807, 2.05) is 0 Å². The smallest absolute Gasteiger partial charge is 0.244 e. The quantitative estimate of drug-likeness (QED) is 0.894. The van der Waals surface area contributed by atoms with E-state index in [-0.39, 0.29) is 16.0 Å². The van der Waals surface area contributed by atoms with E-state index in [9.17, 15) is 8.42 Å². The lowest BCUT2D eigenvalue weighted by atomic mass is 10.3. The van der Waals surface area contributed by atoms with Crippen molar-refractivity contribution in [2.24, 2.45) is 5.73 Å². The predicted octanol–water partition coefficient (Wildman–Crippen LogP) is 1.82. The van der Waals surface area contributed by atoms with Crippen LogP contribution in [0.2, 0.25) is 5.02 Å². The second-order valence-corrected chi connectivity index (χ2v) is 7.22. The van der Waals surface area contributed by atoms with Crippen molar-refractivity contribution in [2.75, 3.05) is 13.1 Å². The number of rotatable bonds is 2. The summed E-state index contributed by atoms with van der Waals surface area (Å²) in [7, 11) is -3.52. The van der Waals surface area contributed by atoms with Crippen molar-refractivity contribution in [1.29, 1.82) is 0 Å². The Morgan fingerprint density at radius 1 is 1.47 bits per heavy atom. The minimum absolute atomic E-state index is 0.0843. The molecule has 94 valence electrons. The molecular formula is C10H12BrClN2O2S. The molecule has 0 bridgehead atoms. The molecule has 0 aliphatic carbocycles. The first-order valence-corrected chi connectivity index (χ1v) is 7.73. The standard InChI is InChI=1S/C10H12BrClN2O2S/c11-7-1-2-10(9(12)5-7)17(15,16)14-4-3-8(13)6-14/h1-2,5,8H,3-4,6,13H2. The average Bonchev–Trinajstić information content (AvgIpc) is 2.64. The summed E-state index contributed by atoms with van der Waals surface area (Å²) in [5.41, 5.74) is 5.72. The van der Waals surface area contributed by atoms with Crippen molar-refractivity contribution >= 4 is 37.6 Å². The maximum atomic E-state index is 12.3. The molecule has 1 saturated heterocycles. The molecular weight excluding hydrogens is 328 g/mol. The minimum Gasteiger partial charge on any atom is -0.326 e. The van der Waals surface area contributed by atoms with Gasteiger partial charge >= 0.3 is 0 Å². The third-order valence-corrected chi connectivity index (χ3v) is 5.54. The molecule has 0 radical (unpaired) electrons. The number of hydrogen-bond donors (Lipinski definition) is 1. The van der Waals surface area contributed by atoms with Gasteiger partial charge in [-0.25, -0.2) is 8.42 Å². The topological polar surface area (TPSA) is 63.4 Å². The maximum Gasteiger partial charge on any atom is 0.244 e. The van der Waals surface area contributed by atoms with E-state index in [1.54, 1.807) is 12.1 Å². The Balaban J connectivity index is 2.38. The van der Waals surface area contributed by atoms with Gasteiger partial charge in [0.2, 0.25) is 10.0 Å². The van der Waals surface area contributed by atoms with Crippen molar-refractivity contribution in [1.82, 2.24) is 4.31 Å². The van der Waals surface area contributed by atoms with Crippen molar-refractivity contribution in [3.8, 4) is 0 Å². The van der Waals surface area contributed by atoms with Crippen LogP contribution in [-0.2, 0) is 10.0 Å². The molecule has 1 unspecified atom stereocenters. The molecule has 0 spiro atoms. The van der Waals surface area contributed by atoms with Gasteiger partial charge in [0.25, 0.3) is 0 Å². The number of nitrogens with zero attached hydrogens (tertiary/aromatic N) is 1. The molecule has 2 rings (SSSR count). The minimum atomic E-state index is -3.52. The Kier molecular flexibility index (Phi) is 3.80. The van der Waals surface area contributed by atoms with Crippen LogP contribution in [0.15, 0.2) is 27.6 Å². The van der Waals surface area contributed by atoms with E-state index in [2.05, 4.69) is 15.9 Å². The fourth-order valence-corrected chi connectivity index (χ4v) is 4.32. The average molecular weight is 340 g/mol. The van der Waals surface area contributed by atoms with E-state index in [1.165, 1.54) is 10.4 Å². The van der Waals surface area contributed by atoms with Gasteiger partial charge in [-0.2, -0.15) is 4.31 Å². The molecule has 1 aliphatic heterocycles. The molecule has 0 aromatic heterocycles. The zero-order valence-electron chi connectivity index (χ0n) is 8.94. The number of sulfonamides is 1. The van der Waals surface area contributed by atoms with Crippen LogP contribution in [-0.4, -0.2) is 31.9 Å². The number of hydrogen-bond acceptors (Lipinski definition) is 3. The number of nitrogens with two attached hydrogens (primary N) is 1. The molecule has 0 saturated carbocycles. The van der Waals surface area contributed by atoms with Crippen LogP contribution < -0.4 is 5.73 Å². The molecule has 1 aliphatic rings. The Hall–Kier alpha value is -0.140. The summed E-state index contributed by atoms with van der Waals surface area (Å²) in [6.45, 7) is 0.810. The van der Waals surface area contributed by atoms with Gasteiger partial charge in [-0.15, -0.1) is 0 Å². The molecule has 1 aromatic carbocycles. The van der Waals surface area contributed by atoms with Gasteiger partial charge in [0, 0.05) is 23.6 Å². The van der Waals surface area contributed by atoms with E-state index >= 15 is 0 Å². The lowest BCUT2D eigenvalue weighted by Gasteiger charge is -2.16. The number of benzene rings is 1. The Morgan fingerprint density at radius 3 is 2.71 bits per heavy atom. The summed E-state index contributed by atoms with van der Waals surface area (Å²) in [6.07, 6.45) is 0.688. The zero-order valence-corrected chi connectivity index (χ0v) is 12.1. The Morgan fingerprint density at radius 2 is 2.18 bits per heavy atom. The molecule has 2 N–H and O–H groups in total. The summed E-state index contributed by atoms with van der Waals surface area (Å²) in [5.74, 6) is 0. The monoisotopic (exact) mass is 338 g/mol. The lowest BCUT2D eigenvalue weighted by molar-refractivity contribution is 0.472. The SMILES string of the molecule is NC1CCN(S(=O)(=O)c2ccc(Br)cc2Cl)C1. The van der Waals surface area contributed by atoms with Gasteiger partial charge < -0.3 is 5.73 Å². The molecule has 17 heavy (non-hydrogen) atoms. The maximum absolute atomic E-state index is 12.3.